The number of carbonyl (C=O) groups excluding carboxylic acids is 1. The maximum atomic E-state index is 12.3. The average Bonchev–Trinajstić information content (AvgIpc) is 3.12. The molecule has 0 bridgehead atoms. The van der Waals surface area contributed by atoms with E-state index in [1.165, 1.54) is 22.9 Å². The first kappa shape index (κ1) is 22.9. The van der Waals surface area contributed by atoms with Gasteiger partial charge in [-0.3, -0.25) is 4.79 Å². The number of nitrogens with one attached hydrogen (secondary N) is 1. The molecule has 1 amide bonds. The van der Waals surface area contributed by atoms with E-state index in [0.29, 0.717) is 5.75 Å². The van der Waals surface area contributed by atoms with E-state index in [4.69, 9.17) is 4.74 Å². The summed E-state index contributed by atoms with van der Waals surface area (Å²) in [5.74, 6) is 2.10. The van der Waals surface area contributed by atoms with Crippen LogP contribution in [0.2, 0.25) is 0 Å². The van der Waals surface area contributed by atoms with E-state index in [2.05, 4.69) is 41.5 Å². The second-order valence-corrected chi connectivity index (χ2v) is 8.45. The molecule has 3 rings (SSSR count). The Morgan fingerprint density at radius 3 is 2.52 bits per heavy atom. The van der Waals surface area contributed by atoms with E-state index < -0.39 is 0 Å². The largest absolute Gasteiger partial charge is 0.496 e. The van der Waals surface area contributed by atoms with Gasteiger partial charge in [0, 0.05) is 19.2 Å². The third kappa shape index (κ3) is 6.34. The number of ether oxygens (including phenoxy) is 1. The second kappa shape index (κ2) is 11.0. The first-order valence-electron chi connectivity index (χ1n) is 10.5. The van der Waals surface area contributed by atoms with E-state index in [9.17, 15) is 4.79 Å². The highest BCUT2D eigenvalue weighted by Crippen LogP contribution is 2.21. The van der Waals surface area contributed by atoms with Gasteiger partial charge in [0.15, 0.2) is 5.16 Å². The van der Waals surface area contributed by atoms with Crippen LogP contribution in [0.15, 0.2) is 47.6 Å². The lowest BCUT2D eigenvalue weighted by Gasteiger charge is -2.08. The molecule has 0 atom stereocenters. The predicted molar refractivity (Wildman–Crippen MR) is 126 cm³/mol. The van der Waals surface area contributed by atoms with Crippen LogP contribution in [0, 0.1) is 6.92 Å². The summed E-state index contributed by atoms with van der Waals surface area (Å²) in [5.41, 5.74) is 4.51. The lowest BCUT2D eigenvalue weighted by atomic mass is 10.0. The lowest BCUT2D eigenvalue weighted by Crippen LogP contribution is -2.14. The van der Waals surface area contributed by atoms with Gasteiger partial charge in [0.2, 0.25) is 5.91 Å². The predicted octanol–water partition coefficient (Wildman–Crippen LogP) is 4.60. The Balaban J connectivity index is 1.46. The normalized spacial score (nSPS) is 10.8. The van der Waals surface area contributed by atoms with Gasteiger partial charge < -0.3 is 14.6 Å². The van der Waals surface area contributed by atoms with Crippen molar-refractivity contribution in [3.63, 3.8) is 0 Å². The molecular weight excluding hydrogens is 408 g/mol. The highest BCUT2D eigenvalue weighted by Gasteiger charge is 2.12. The molecule has 0 fully saturated rings. The van der Waals surface area contributed by atoms with Crippen molar-refractivity contribution in [3.05, 3.63) is 65.0 Å². The monoisotopic (exact) mass is 438 g/mol. The van der Waals surface area contributed by atoms with Crippen LogP contribution in [0.4, 0.5) is 5.69 Å². The molecule has 0 aliphatic carbocycles. The average molecular weight is 439 g/mol. The molecular formula is C24H30N4O2S. The molecule has 0 aliphatic heterocycles. The number of carbonyl (C=O) groups is 1. The summed E-state index contributed by atoms with van der Waals surface area (Å²) in [4.78, 5) is 12.3. The van der Waals surface area contributed by atoms with Gasteiger partial charge in [-0.25, -0.2) is 0 Å². The fourth-order valence-electron chi connectivity index (χ4n) is 3.39. The SMILES string of the molecule is CCc1ccc(NC(=O)CSc2nnc(CCCc3ccc(OC)c(C)c3)n2C)cc1. The Morgan fingerprint density at radius 1 is 1.10 bits per heavy atom. The molecule has 0 saturated heterocycles. The molecule has 1 aromatic heterocycles. The van der Waals surface area contributed by atoms with Crippen molar-refractivity contribution in [1.29, 1.82) is 0 Å². The minimum Gasteiger partial charge on any atom is -0.496 e. The Morgan fingerprint density at radius 2 is 1.84 bits per heavy atom. The molecule has 164 valence electrons. The summed E-state index contributed by atoms with van der Waals surface area (Å²) in [6.07, 6.45) is 3.78. The van der Waals surface area contributed by atoms with Crippen molar-refractivity contribution in [2.75, 3.05) is 18.2 Å². The molecule has 6 nitrogen and oxygen atoms in total. The molecule has 7 heteroatoms. The topological polar surface area (TPSA) is 69.0 Å². The van der Waals surface area contributed by atoms with Crippen LogP contribution in [0.1, 0.15) is 35.9 Å². The van der Waals surface area contributed by atoms with Crippen LogP contribution < -0.4 is 10.1 Å². The van der Waals surface area contributed by atoms with E-state index in [1.54, 1.807) is 7.11 Å². The third-order valence-corrected chi connectivity index (χ3v) is 6.25. The quantitative estimate of drug-likeness (QED) is 0.469. The molecule has 31 heavy (non-hydrogen) atoms. The fraction of sp³-hybridized carbons (Fsp3) is 0.375. The third-order valence-electron chi connectivity index (χ3n) is 5.23. The highest BCUT2D eigenvalue weighted by atomic mass is 32.2. The Labute approximate surface area is 188 Å². The van der Waals surface area contributed by atoms with Gasteiger partial charge in [-0.1, -0.05) is 43.0 Å². The Kier molecular flexibility index (Phi) is 8.12. The van der Waals surface area contributed by atoms with Crippen molar-refractivity contribution in [3.8, 4) is 5.75 Å². The van der Waals surface area contributed by atoms with Crippen LogP contribution in [0.5, 0.6) is 5.75 Å². The molecule has 3 aromatic rings. The first-order chi connectivity index (χ1) is 15.0. The van der Waals surface area contributed by atoms with Gasteiger partial charge in [0.05, 0.1) is 12.9 Å². The van der Waals surface area contributed by atoms with Gasteiger partial charge in [-0.05, 0) is 61.1 Å². The summed E-state index contributed by atoms with van der Waals surface area (Å²) in [5, 5.41) is 12.3. The summed E-state index contributed by atoms with van der Waals surface area (Å²) in [7, 11) is 3.65. The maximum Gasteiger partial charge on any atom is 0.234 e. The van der Waals surface area contributed by atoms with Gasteiger partial charge in [-0.2, -0.15) is 0 Å². The zero-order valence-corrected chi connectivity index (χ0v) is 19.5. The summed E-state index contributed by atoms with van der Waals surface area (Å²) in [6, 6.07) is 14.2. The Hall–Kier alpha value is -2.80. The van der Waals surface area contributed by atoms with E-state index in [-0.39, 0.29) is 5.91 Å². The molecule has 0 saturated carbocycles. The number of hydrogen-bond donors (Lipinski definition) is 1. The van der Waals surface area contributed by atoms with Crippen LogP contribution in [0.3, 0.4) is 0 Å². The number of nitrogens with zero attached hydrogens (tertiary/aromatic N) is 3. The van der Waals surface area contributed by atoms with E-state index >= 15 is 0 Å². The van der Waals surface area contributed by atoms with E-state index in [1.807, 2.05) is 41.9 Å². The number of aromatic nitrogens is 3. The summed E-state index contributed by atoms with van der Waals surface area (Å²) in [6.45, 7) is 4.17. The number of thioether (sulfide) groups is 1. The van der Waals surface area contributed by atoms with Crippen molar-refractivity contribution in [2.45, 2.75) is 44.7 Å². The van der Waals surface area contributed by atoms with Crippen molar-refractivity contribution in [1.82, 2.24) is 14.8 Å². The van der Waals surface area contributed by atoms with Gasteiger partial charge in [-0.15, -0.1) is 10.2 Å². The van der Waals surface area contributed by atoms with Gasteiger partial charge >= 0.3 is 0 Å². The number of rotatable bonds is 10. The summed E-state index contributed by atoms with van der Waals surface area (Å²) < 4.78 is 7.30. The smallest absolute Gasteiger partial charge is 0.234 e. The van der Waals surface area contributed by atoms with E-state index in [0.717, 1.165) is 53.7 Å². The van der Waals surface area contributed by atoms with Crippen LogP contribution in [0.25, 0.3) is 0 Å². The minimum absolute atomic E-state index is 0.0475. The van der Waals surface area contributed by atoms with Gasteiger partial charge in [0.1, 0.15) is 11.6 Å². The molecule has 1 N–H and O–H groups in total. The number of hydrogen-bond acceptors (Lipinski definition) is 5. The number of amides is 1. The number of methoxy groups -OCH3 is 1. The molecule has 2 aromatic carbocycles. The second-order valence-electron chi connectivity index (χ2n) is 7.50. The van der Waals surface area contributed by atoms with Crippen LogP contribution in [-0.4, -0.2) is 33.5 Å². The van der Waals surface area contributed by atoms with Crippen molar-refractivity contribution < 1.29 is 9.53 Å². The zero-order chi connectivity index (χ0) is 22.2. The standard InChI is InChI=1S/C24H30N4O2S/c1-5-18-9-12-20(13-10-18)25-23(29)16-31-24-27-26-22(28(24)3)8-6-7-19-11-14-21(30-4)17(2)15-19/h9-15H,5-8,16H2,1-4H3,(H,25,29). The van der Waals surface area contributed by atoms with Crippen LogP contribution >= 0.6 is 11.8 Å². The number of benzene rings is 2. The molecule has 0 unspecified atom stereocenters. The van der Waals surface area contributed by atoms with Crippen molar-refractivity contribution >= 4 is 23.4 Å². The zero-order valence-electron chi connectivity index (χ0n) is 18.6. The molecule has 0 spiro atoms. The minimum atomic E-state index is -0.0475. The highest BCUT2D eigenvalue weighted by molar-refractivity contribution is 7.99. The Bertz CT molecular complexity index is 1010. The lowest BCUT2D eigenvalue weighted by molar-refractivity contribution is -0.113. The molecule has 1 heterocycles. The van der Waals surface area contributed by atoms with Gasteiger partial charge in [0.25, 0.3) is 0 Å². The number of anilines is 1. The van der Waals surface area contributed by atoms with Crippen molar-refractivity contribution in [2.24, 2.45) is 7.05 Å². The summed E-state index contributed by atoms with van der Waals surface area (Å²) >= 11 is 1.40. The first-order valence-corrected chi connectivity index (χ1v) is 11.5. The fourth-order valence-corrected chi connectivity index (χ4v) is 4.12. The number of aryl methyl sites for hydroxylation is 4. The molecule has 0 aliphatic rings. The van der Waals surface area contributed by atoms with Crippen LogP contribution in [-0.2, 0) is 31.1 Å². The maximum absolute atomic E-state index is 12.3. The molecule has 0 radical (unpaired) electrons.